The lowest BCUT2D eigenvalue weighted by Crippen LogP contribution is -2.47. The molecule has 188 valence electrons. The van der Waals surface area contributed by atoms with Crippen molar-refractivity contribution in [1.82, 2.24) is 10.2 Å². The van der Waals surface area contributed by atoms with Gasteiger partial charge >= 0.3 is 0 Å². The SMILES string of the molecule is CCNC(=NCCCc1ccc(OC)c(OCC)c1)N1CCC(OCC2CCCO2)CC1.I. The van der Waals surface area contributed by atoms with Crippen LogP contribution in [0.15, 0.2) is 23.2 Å². The van der Waals surface area contributed by atoms with Crippen molar-refractivity contribution in [3.05, 3.63) is 23.8 Å². The van der Waals surface area contributed by atoms with E-state index in [9.17, 15) is 0 Å². The molecule has 2 heterocycles. The van der Waals surface area contributed by atoms with Gasteiger partial charge in [0.05, 0.1) is 32.5 Å². The van der Waals surface area contributed by atoms with Gasteiger partial charge in [-0.2, -0.15) is 0 Å². The Morgan fingerprint density at radius 2 is 2.00 bits per heavy atom. The Bertz CT molecular complexity index is 705. The van der Waals surface area contributed by atoms with Crippen LogP contribution in [0.4, 0.5) is 0 Å². The second kappa shape index (κ2) is 15.6. The third-order valence-electron chi connectivity index (χ3n) is 6.03. The number of ether oxygens (including phenoxy) is 4. The summed E-state index contributed by atoms with van der Waals surface area (Å²) in [6.45, 7) is 10.0. The van der Waals surface area contributed by atoms with Crippen molar-refractivity contribution < 1.29 is 18.9 Å². The Balaban J connectivity index is 0.00000385. The van der Waals surface area contributed by atoms with E-state index in [1.807, 2.05) is 13.0 Å². The van der Waals surface area contributed by atoms with Gasteiger partial charge in [0.2, 0.25) is 0 Å². The van der Waals surface area contributed by atoms with Crippen molar-refractivity contribution >= 4 is 29.9 Å². The zero-order chi connectivity index (χ0) is 22.6. The third-order valence-corrected chi connectivity index (χ3v) is 6.03. The van der Waals surface area contributed by atoms with Crippen molar-refractivity contribution in [3.8, 4) is 11.5 Å². The van der Waals surface area contributed by atoms with Crippen LogP contribution in [0.5, 0.6) is 11.5 Å². The smallest absolute Gasteiger partial charge is 0.193 e. The van der Waals surface area contributed by atoms with Crippen LogP contribution in [0.2, 0.25) is 0 Å². The molecule has 7 nitrogen and oxygen atoms in total. The molecule has 1 unspecified atom stereocenters. The minimum Gasteiger partial charge on any atom is -0.493 e. The molecule has 1 aromatic carbocycles. The highest BCUT2D eigenvalue weighted by atomic mass is 127. The van der Waals surface area contributed by atoms with Gasteiger partial charge in [-0.1, -0.05) is 6.07 Å². The average Bonchev–Trinajstić information content (AvgIpc) is 3.34. The van der Waals surface area contributed by atoms with E-state index in [0.29, 0.717) is 18.8 Å². The van der Waals surface area contributed by atoms with Gasteiger partial charge in [0.15, 0.2) is 17.5 Å². The number of aryl methyl sites for hydroxylation is 1. The lowest BCUT2D eigenvalue weighted by molar-refractivity contribution is -0.0367. The summed E-state index contributed by atoms with van der Waals surface area (Å²) >= 11 is 0. The van der Waals surface area contributed by atoms with Crippen LogP contribution >= 0.6 is 24.0 Å². The van der Waals surface area contributed by atoms with E-state index < -0.39 is 0 Å². The highest BCUT2D eigenvalue weighted by molar-refractivity contribution is 14.0. The number of nitrogens with zero attached hydrogens (tertiary/aromatic N) is 2. The zero-order valence-electron chi connectivity index (χ0n) is 20.5. The third kappa shape index (κ3) is 9.13. The molecule has 33 heavy (non-hydrogen) atoms. The van der Waals surface area contributed by atoms with Gasteiger partial charge in [0, 0.05) is 32.8 Å². The Morgan fingerprint density at radius 1 is 1.18 bits per heavy atom. The van der Waals surface area contributed by atoms with Gasteiger partial charge in [0.1, 0.15) is 0 Å². The molecule has 1 aromatic rings. The number of halogens is 1. The molecule has 2 aliphatic rings. The summed E-state index contributed by atoms with van der Waals surface area (Å²) in [6, 6.07) is 6.18. The van der Waals surface area contributed by atoms with Crippen molar-refractivity contribution in [1.29, 1.82) is 0 Å². The number of rotatable bonds is 11. The highest BCUT2D eigenvalue weighted by Crippen LogP contribution is 2.28. The molecule has 1 N–H and O–H groups in total. The van der Waals surface area contributed by atoms with Crippen LogP contribution in [-0.4, -0.2) is 76.2 Å². The van der Waals surface area contributed by atoms with Crippen LogP contribution in [0, 0.1) is 0 Å². The number of nitrogens with one attached hydrogen (secondary N) is 1. The summed E-state index contributed by atoms with van der Waals surface area (Å²) in [5.74, 6) is 2.62. The number of likely N-dealkylation sites (tertiary alicyclic amines) is 1. The first-order valence-electron chi connectivity index (χ1n) is 12.3. The summed E-state index contributed by atoms with van der Waals surface area (Å²) in [7, 11) is 1.67. The second-order valence-electron chi connectivity index (χ2n) is 8.41. The summed E-state index contributed by atoms with van der Waals surface area (Å²) in [4.78, 5) is 7.26. The number of guanidine groups is 1. The van der Waals surface area contributed by atoms with Gasteiger partial charge in [-0.05, 0) is 70.1 Å². The van der Waals surface area contributed by atoms with E-state index >= 15 is 0 Å². The van der Waals surface area contributed by atoms with Gasteiger partial charge in [0.25, 0.3) is 0 Å². The normalized spacial score (nSPS) is 19.3. The molecule has 1 atom stereocenters. The molecule has 3 rings (SSSR count). The summed E-state index contributed by atoms with van der Waals surface area (Å²) in [5.41, 5.74) is 1.25. The zero-order valence-corrected chi connectivity index (χ0v) is 22.8. The first-order chi connectivity index (χ1) is 15.7. The number of benzene rings is 1. The predicted octanol–water partition coefficient (Wildman–Crippen LogP) is 4.27. The maximum atomic E-state index is 6.11. The second-order valence-corrected chi connectivity index (χ2v) is 8.41. The summed E-state index contributed by atoms with van der Waals surface area (Å²) in [6.07, 6.45) is 7.00. The van der Waals surface area contributed by atoms with E-state index in [-0.39, 0.29) is 24.0 Å². The molecule has 0 aromatic heterocycles. The number of hydrogen-bond donors (Lipinski definition) is 1. The molecular weight excluding hydrogens is 533 g/mol. The van der Waals surface area contributed by atoms with Crippen LogP contribution in [0.3, 0.4) is 0 Å². The molecule has 0 amide bonds. The van der Waals surface area contributed by atoms with E-state index in [4.69, 9.17) is 23.9 Å². The molecule has 2 aliphatic heterocycles. The fourth-order valence-corrected chi connectivity index (χ4v) is 4.29. The fraction of sp³-hybridized carbons (Fsp3) is 0.720. The minimum absolute atomic E-state index is 0. The van der Waals surface area contributed by atoms with Crippen LogP contribution in [0.1, 0.15) is 51.5 Å². The quantitative estimate of drug-likeness (QED) is 0.184. The molecule has 0 bridgehead atoms. The number of aliphatic imine (C=N–C) groups is 1. The summed E-state index contributed by atoms with van der Waals surface area (Å²) < 4.78 is 22.9. The van der Waals surface area contributed by atoms with Crippen LogP contribution < -0.4 is 14.8 Å². The molecule has 0 saturated carbocycles. The number of hydrogen-bond acceptors (Lipinski definition) is 5. The molecule has 0 spiro atoms. The molecule has 2 fully saturated rings. The van der Waals surface area contributed by atoms with Crippen molar-refractivity contribution in [2.75, 3.05) is 53.1 Å². The molecule has 8 heteroatoms. The monoisotopic (exact) mass is 575 g/mol. The first kappa shape index (κ1) is 28.0. The van der Waals surface area contributed by atoms with Crippen molar-refractivity contribution in [2.45, 2.75) is 64.6 Å². The number of piperidine rings is 1. The average molecular weight is 576 g/mol. The first-order valence-corrected chi connectivity index (χ1v) is 12.3. The standard InChI is InChI=1S/C25H41N3O4.HI/c1-4-26-25(28-15-12-21(13-16-28)32-19-22-9-7-17-31-22)27-14-6-8-20-10-11-23(29-3)24(18-20)30-5-2;/h10-11,18,21-22H,4-9,12-17,19H2,1-3H3,(H,26,27);1H. The van der Waals surface area contributed by atoms with Gasteiger partial charge in [-0.15, -0.1) is 24.0 Å². The Kier molecular flexibility index (Phi) is 13.2. The van der Waals surface area contributed by atoms with Crippen LogP contribution in [-0.2, 0) is 15.9 Å². The molecule has 0 aliphatic carbocycles. The molecule has 0 radical (unpaired) electrons. The maximum absolute atomic E-state index is 6.11. The van der Waals surface area contributed by atoms with Gasteiger partial charge < -0.3 is 29.2 Å². The van der Waals surface area contributed by atoms with E-state index in [2.05, 4.69) is 29.3 Å². The lowest BCUT2D eigenvalue weighted by atomic mass is 10.1. The predicted molar refractivity (Wildman–Crippen MR) is 143 cm³/mol. The Morgan fingerprint density at radius 3 is 2.67 bits per heavy atom. The maximum Gasteiger partial charge on any atom is 0.193 e. The van der Waals surface area contributed by atoms with E-state index in [0.717, 1.165) is 89.0 Å². The highest BCUT2D eigenvalue weighted by Gasteiger charge is 2.24. The Hall–Kier alpha value is -1.26. The largest absolute Gasteiger partial charge is 0.493 e. The van der Waals surface area contributed by atoms with Crippen LogP contribution in [0.25, 0.3) is 0 Å². The minimum atomic E-state index is 0. The summed E-state index contributed by atoms with van der Waals surface area (Å²) in [5, 5.41) is 3.46. The molecular formula is C25H42IN3O4. The Labute approximate surface area is 216 Å². The van der Waals surface area contributed by atoms with Crippen molar-refractivity contribution in [2.24, 2.45) is 4.99 Å². The number of methoxy groups -OCH3 is 1. The van der Waals surface area contributed by atoms with Gasteiger partial charge in [-0.25, -0.2) is 0 Å². The van der Waals surface area contributed by atoms with Crippen molar-refractivity contribution in [3.63, 3.8) is 0 Å². The topological polar surface area (TPSA) is 64.6 Å². The van der Waals surface area contributed by atoms with E-state index in [1.54, 1.807) is 7.11 Å². The van der Waals surface area contributed by atoms with Gasteiger partial charge in [-0.3, -0.25) is 4.99 Å². The fourth-order valence-electron chi connectivity index (χ4n) is 4.29. The van der Waals surface area contributed by atoms with E-state index in [1.165, 1.54) is 12.0 Å². The molecule has 2 saturated heterocycles. The lowest BCUT2D eigenvalue weighted by Gasteiger charge is -2.34.